The van der Waals surface area contributed by atoms with Crippen molar-refractivity contribution in [2.45, 2.75) is 26.8 Å². The van der Waals surface area contributed by atoms with Crippen molar-refractivity contribution in [3.8, 4) is 0 Å². The molecule has 0 aliphatic heterocycles. The monoisotopic (exact) mass is 161 g/mol. The second-order valence-electron chi connectivity index (χ2n) is 3.77. The Kier molecular flexibility index (Phi) is 4.65. The zero-order valence-electron chi connectivity index (χ0n) is 7.63. The van der Waals surface area contributed by atoms with Gasteiger partial charge in [-0.05, 0) is 5.41 Å². The van der Waals surface area contributed by atoms with Gasteiger partial charge in [-0.1, -0.05) is 20.8 Å². The van der Waals surface area contributed by atoms with Gasteiger partial charge in [0.15, 0.2) is 0 Å². The molecule has 3 N–H and O–H groups in total. The summed E-state index contributed by atoms with van der Waals surface area (Å²) in [6, 6.07) is 0.0362. The molecule has 0 aromatic carbocycles. The maximum Gasteiger partial charge on any atom is 0.0698 e. The summed E-state index contributed by atoms with van der Waals surface area (Å²) in [6.45, 7) is 7.17. The fourth-order valence-corrected chi connectivity index (χ4v) is 0.525. The molecule has 0 radical (unpaired) electrons. The van der Waals surface area contributed by atoms with Crippen LogP contribution in [0.2, 0.25) is 0 Å². The highest BCUT2D eigenvalue weighted by Crippen LogP contribution is 2.16. The molecule has 0 aromatic heterocycles. The van der Waals surface area contributed by atoms with Crippen LogP contribution in [0.25, 0.3) is 0 Å². The summed E-state index contributed by atoms with van der Waals surface area (Å²) in [5.41, 5.74) is 5.86. The second-order valence-corrected chi connectivity index (χ2v) is 3.77. The first-order valence-corrected chi connectivity index (χ1v) is 3.92. The van der Waals surface area contributed by atoms with Crippen LogP contribution in [0.4, 0.5) is 0 Å². The molecule has 11 heavy (non-hydrogen) atoms. The van der Waals surface area contributed by atoms with Crippen LogP contribution < -0.4 is 5.73 Å². The molecule has 0 heterocycles. The van der Waals surface area contributed by atoms with Crippen molar-refractivity contribution < 1.29 is 9.84 Å². The number of hydrogen-bond acceptors (Lipinski definition) is 3. The van der Waals surface area contributed by atoms with Crippen LogP contribution in [0.15, 0.2) is 0 Å². The predicted molar refractivity (Wildman–Crippen MR) is 45.3 cm³/mol. The fraction of sp³-hybridized carbons (Fsp3) is 1.00. The van der Waals surface area contributed by atoms with Gasteiger partial charge in [-0.3, -0.25) is 0 Å². The van der Waals surface area contributed by atoms with Crippen molar-refractivity contribution in [2.75, 3.05) is 19.8 Å². The Bertz CT molecular complexity index is 98.8. The van der Waals surface area contributed by atoms with Crippen LogP contribution in [0.5, 0.6) is 0 Å². The molecule has 68 valence electrons. The van der Waals surface area contributed by atoms with E-state index in [1.807, 2.05) is 0 Å². The Morgan fingerprint density at radius 1 is 1.45 bits per heavy atom. The van der Waals surface area contributed by atoms with Crippen molar-refractivity contribution in [1.82, 2.24) is 0 Å². The zero-order valence-corrected chi connectivity index (χ0v) is 7.63. The fourth-order valence-electron chi connectivity index (χ4n) is 0.525. The maximum atomic E-state index is 8.42. The van der Waals surface area contributed by atoms with Crippen molar-refractivity contribution in [3.05, 3.63) is 0 Å². The molecule has 0 aromatic rings. The highest BCUT2D eigenvalue weighted by Gasteiger charge is 2.20. The molecule has 0 aliphatic carbocycles. The highest BCUT2D eigenvalue weighted by molar-refractivity contribution is 4.76. The van der Waals surface area contributed by atoms with Gasteiger partial charge in [0.05, 0.1) is 19.8 Å². The van der Waals surface area contributed by atoms with E-state index in [9.17, 15) is 0 Å². The summed E-state index contributed by atoms with van der Waals surface area (Å²) < 4.78 is 5.10. The molecule has 0 saturated heterocycles. The van der Waals surface area contributed by atoms with Gasteiger partial charge in [0, 0.05) is 6.04 Å². The molecule has 0 saturated carbocycles. The number of hydrogen-bond donors (Lipinski definition) is 2. The van der Waals surface area contributed by atoms with E-state index in [1.54, 1.807) is 0 Å². The average molecular weight is 161 g/mol. The Labute approximate surface area is 68.5 Å². The van der Waals surface area contributed by atoms with Crippen LogP contribution in [0, 0.1) is 5.41 Å². The zero-order chi connectivity index (χ0) is 8.91. The molecule has 0 fully saturated rings. The second kappa shape index (κ2) is 4.70. The minimum Gasteiger partial charge on any atom is -0.394 e. The molecule has 0 aliphatic rings. The smallest absolute Gasteiger partial charge is 0.0698 e. The summed E-state index contributed by atoms with van der Waals surface area (Å²) >= 11 is 0. The Morgan fingerprint density at radius 2 is 2.00 bits per heavy atom. The molecule has 1 atom stereocenters. The molecule has 0 rings (SSSR count). The standard InChI is InChI=1S/C8H19NO2/c1-8(2,3)7(9)6-11-5-4-10/h7,10H,4-6,9H2,1-3H3. The van der Waals surface area contributed by atoms with Crippen molar-refractivity contribution in [1.29, 1.82) is 0 Å². The first kappa shape index (κ1) is 10.9. The Morgan fingerprint density at radius 3 is 2.36 bits per heavy atom. The number of aliphatic hydroxyl groups excluding tert-OH is 1. The van der Waals surface area contributed by atoms with Crippen LogP contribution in [0.1, 0.15) is 20.8 Å². The normalized spacial score (nSPS) is 15.0. The molecule has 3 nitrogen and oxygen atoms in total. The summed E-state index contributed by atoms with van der Waals surface area (Å²) in [5, 5.41) is 8.42. The summed E-state index contributed by atoms with van der Waals surface area (Å²) in [5.74, 6) is 0. The van der Waals surface area contributed by atoms with Crippen LogP contribution in [0.3, 0.4) is 0 Å². The summed E-state index contributed by atoms with van der Waals surface area (Å²) in [7, 11) is 0. The van der Waals surface area contributed by atoms with Gasteiger partial charge in [-0.2, -0.15) is 0 Å². The van der Waals surface area contributed by atoms with E-state index in [-0.39, 0.29) is 18.1 Å². The van der Waals surface area contributed by atoms with Gasteiger partial charge < -0.3 is 15.6 Å². The summed E-state index contributed by atoms with van der Waals surface area (Å²) in [4.78, 5) is 0. The molecular weight excluding hydrogens is 142 g/mol. The third kappa shape index (κ3) is 5.18. The van der Waals surface area contributed by atoms with Crippen LogP contribution in [-0.4, -0.2) is 31.0 Å². The van der Waals surface area contributed by atoms with E-state index in [4.69, 9.17) is 15.6 Å². The van der Waals surface area contributed by atoms with Gasteiger partial charge in [0.25, 0.3) is 0 Å². The minimum absolute atomic E-state index is 0.0362. The highest BCUT2D eigenvalue weighted by atomic mass is 16.5. The number of rotatable bonds is 4. The quantitative estimate of drug-likeness (QED) is 0.586. The van der Waals surface area contributed by atoms with E-state index in [0.717, 1.165) is 0 Å². The largest absolute Gasteiger partial charge is 0.394 e. The minimum atomic E-state index is 0.0362. The van der Waals surface area contributed by atoms with E-state index in [1.165, 1.54) is 0 Å². The molecular formula is C8H19NO2. The van der Waals surface area contributed by atoms with Gasteiger partial charge in [-0.25, -0.2) is 0 Å². The Balaban J connectivity index is 3.44. The summed E-state index contributed by atoms with van der Waals surface area (Å²) in [6.07, 6.45) is 0. The molecule has 0 amide bonds. The first-order chi connectivity index (χ1) is 4.98. The third-order valence-electron chi connectivity index (χ3n) is 1.65. The number of nitrogens with two attached hydrogens (primary N) is 1. The van der Waals surface area contributed by atoms with Crippen molar-refractivity contribution in [2.24, 2.45) is 11.1 Å². The van der Waals surface area contributed by atoms with Gasteiger partial charge in [-0.15, -0.1) is 0 Å². The molecule has 1 unspecified atom stereocenters. The predicted octanol–water partition coefficient (Wildman–Crippen LogP) is 0.369. The van der Waals surface area contributed by atoms with Crippen LogP contribution >= 0.6 is 0 Å². The van der Waals surface area contributed by atoms with E-state index in [2.05, 4.69) is 20.8 Å². The van der Waals surface area contributed by atoms with Gasteiger partial charge in [0.2, 0.25) is 0 Å². The lowest BCUT2D eigenvalue weighted by atomic mass is 9.88. The number of aliphatic hydroxyl groups is 1. The SMILES string of the molecule is CC(C)(C)C(N)COCCO. The van der Waals surface area contributed by atoms with Gasteiger partial charge in [0.1, 0.15) is 0 Å². The molecule has 0 bridgehead atoms. The number of ether oxygens (including phenoxy) is 1. The topological polar surface area (TPSA) is 55.5 Å². The lowest BCUT2D eigenvalue weighted by Crippen LogP contribution is -2.39. The third-order valence-corrected chi connectivity index (χ3v) is 1.65. The lowest BCUT2D eigenvalue weighted by Gasteiger charge is -2.26. The van der Waals surface area contributed by atoms with Crippen molar-refractivity contribution >= 4 is 0 Å². The molecule has 3 heteroatoms. The van der Waals surface area contributed by atoms with E-state index >= 15 is 0 Å². The lowest BCUT2D eigenvalue weighted by molar-refractivity contribution is 0.0626. The van der Waals surface area contributed by atoms with Crippen LogP contribution in [-0.2, 0) is 4.74 Å². The Hall–Kier alpha value is -0.120. The average Bonchev–Trinajstić information content (AvgIpc) is 1.86. The molecule has 0 spiro atoms. The maximum absolute atomic E-state index is 8.42. The van der Waals surface area contributed by atoms with E-state index in [0.29, 0.717) is 13.2 Å². The van der Waals surface area contributed by atoms with Crippen molar-refractivity contribution in [3.63, 3.8) is 0 Å². The first-order valence-electron chi connectivity index (χ1n) is 3.92. The van der Waals surface area contributed by atoms with Gasteiger partial charge >= 0.3 is 0 Å². The van der Waals surface area contributed by atoms with E-state index < -0.39 is 0 Å².